The van der Waals surface area contributed by atoms with Crippen molar-refractivity contribution >= 4 is 23.1 Å². The largest absolute Gasteiger partial charge is 0.615 e. The Morgan fingerprint density at radius 3 is 1.46 bits per heavy atom. The Morgan fingerprint density at radius 1 is 0.769 bits per heavy atom. The minimum absolute atomic E-state index is 0.257. The number of rotatable bonds is 15. The van der Waals surface area contributed by atoms with E-state index in [1.807, 2.05) is 0 Å². The van der Waals surface area contributed by atoms with Crippen molar-refractivity contribution in [2.24, 2.45) is 11.8 Å². The fourth-order valence-corrected chi connectivity index (χ4v) is 3.21. The smallest absolute Gasteiger partial charge is 0.371 e. The Kier molecular flexibility index (Phi) is 14.9. The lowest BCUT2D eigenvalue weighted by molar-refractivity contribution is -0.153. The summed E-state index contributed by atoms with van der Waals surface area (Å²) in [6.45, 7) is 9.22. The van der Waals surface area contributed by atoms with Crippen LogP contribution in [0.3, 0.4) is 0 Å². The number of hydrogen-bond acceptors (Lipinski definition) is 5. The molecule has 0 saturated carbocycles. The van der Waals surface area contributed by atoms with Gasteiger partial charge in [-0.3, -0.25) is 0 Å². The molecule has 0 N–H and O–H groups in total. The second kappa shape index (κ2) is 15.3. The molecule has 0 radical (unpaired) electrons. The van der Waals surface area contributed by atoms with Crippen LogP contribution in [0.25, 0.3) is 0 Å². The second-order valence-electron chi connectivity index (χ2n) is 7.70. The first-order valence-corrected chi connectivity index (χ1v) is 11.5. The highest BCUT2D eigenvalue weighted by atomic mass is 32.2. The van der Waals surface area contributed by atoms with Crippen LogP contribution in [0.15, 0.2) is 0 Å². The van der Waals surface area contributed by atoms with Crippen LogP contribution in [0.2, 0.25) is 0 Å². The van der Waals surface area contributed by atoms with Crippen LogP contribution >= 0.6 is 0 Å². The second-order valence-corrected chi connectivity index (χ2v) is 9.17. The molecule has 0 spiro atoms. The van der Waals surface area contributed by atoms with Crippen LogP contribution in [-0.4, -0.2) is 41.2 Å². The molecule has 0 saturated heterocycles. The molecular weight excluding hydrogens is 352 g/mol. The summed E-state index contributed by atoms with van der Waals surface area (Å²) in [4.78, 5) is 24.1. The van der Waals surface area contributed by atoms with Crippen LogP contribution in [-0.2, 0) is 30.2 Å². The molecule has 6 heteroatoms. The van der Waals surface area contributed by atoms with Crippen LogP contribution in [0.4, 0.5) is 0 Å². The van der Waals surface area contributed by atoms with Crippen molar-refractivity contribution in [1.29, 1.82) is 0 Å². The van der Waals surface area contributed by atoms with E-state index in [1.165, 1.54) is 6.26 Å². The number of esters is 2. The van der Waals surface area contributed by atoms with Crippen molar-refractivity contribution < 1.29 is 23.6 Å². The predicted octanol–water partition coefficient (Wildman–Crippen LogP) is 4.25. The normalized spacial score (nSPS) is 12.7. The quantitative estimate of drug-likeness (QED) is 0.181. The lowest BCUT2D eigenvalue weighted by Crippen LogP contribution is -2.40. The zero-order valence-corrected chi connectivity index (χ0v) is 18.1. The molecule has 0 aliphatic heterocycles. The van der Waals surface area contributed by atoms with Crippen LogP contribution in [0, 0.1) is 11.8 Å². The first-order chi connectivity index (χ1) is 12.3. The van der Waals surface area contributed by atoms with Gasteiger partial charge in [0.25, 0.3) is 0 Å². The van der Waals surface area contributed by atoms with E-state index in [-0.39, 0.29) is 13.2 Å². The molecule has 1 unspecified atom stereocenters. The summed E-state index contributed by atoms with van der Waals surface area (Å²) >= 11 is -1.64. The highest BCUT2D eigenvalue weighted by molar-refractivity contribution is 7.92. The Bertz CT molecular complexity index is 350. The Labute approximate surface area is 162 Å². The van der Waals surface area contributed by atoms with Crippen LogP contribution in [0.5, 0.6) is 0 Å². The number of unbranched alkanes of at least 4 members (excludes halogenated alkanes) is 4. The highest BCUT2D eigenvalue weighted by Crippen LogP contribution is 2.11. The maximum Gasteiger partial charge on any atom is 0.371 e. The molecule has 0 heterocycles. The zero-order valence-electron chi connectivity index (χ0n) is 17.3. The summed E-state index contributed by atoms with van der Waals surface area (Å²) in [6.07, 6.45) is 9.29. The van der Waals surface area contributed by atoms with E-state index in [0.717, 1.165) is 51.4 Å². The summed E-state index contributed by atoms with van der Waals surface area (Å²) in [6, 6.07) is 0. The minimum atomic E-state index is -1.64. The highest BCUT2D eigenvalue weighted by Gasteiger charge is 2.38. The van der Waals surface area contributed by atoms with Crippen molar-refractivity contribution in [3.63, 3.8) is 0 Å². The summed E-state index contributed by atoms with van der Waals surface area (Å²) in [5, 5.41) is -1.33. The van der Waals surface area contributed by atoms with Gasteiger partial charge in [0.2, 0.25) is 0 Å². The minimum Gasteiger partial charge on any atom is -0.615 e. The Hall–Kier alpha value is -0.750. The van der Waals surface area contributed by atoms with Crippen LogP contribution in [0.1, 0.15) is 79.1 Å². The standard InChI is InChI=1S/C20H38O5S/c1-16(2)12-8-6-10-14-24-19(21)18(26(5)23)20(22)25-15-11-7-9-13-17(3)4/h16-18H,6-15H2,1-5H3. The molecule has 154 valence electrons. The molecular formula is C20H38O5S. The number of carbonyl (C=O) groups is 2. The molecule has 0 amide bonds. The summed E-state index contributed by atoms with van der Waals surface area (Å²) < 4.78 is 22.0. The molecule has 1 atom stereocenters. The van der Waals surface area contributed by atoms with Gasteiger partial charge in [0, 0.05) is 0 Å². The fourth-order valence-electron chi connectivity index (χ4n) is 2.53. The van der Waals surface area contributed by atoms with Gasteiger partial charge in [0.1, 0.15) is 0 Å². The van der Waals surface area contributed by atoms with Gasteiger partial charge in [-0.05, 0) is 35.9 Å². The van der Waals surface area contributed by atoms with Gasteiger partial charge < -0.3 is 14.0 Å². The van der Waals surface area contributed by atoms with E-state index in [1.54, 1.807) is 0 Å². The molecule has 0 fully saturated rings. The third-order valence-electron chi connectivity index (χ3n) is 4.10. The van der Waals surface area contributed by atoms with Gasteiger partial charge in [-0.1, -0.05) is 66.2 Å². The van der Waals surface area contributed by atoms with Gasteiger partial charge in [0.05, 0.1) is 19.5 Å². The molecule has 0 rings (SSSR count). The Balaban J connectivity index is 4.04. The monoisotopic (exact) mass is 390 g/mol. The van der Waals surface area contributed by atoms with Crippen molar-refractivity contribution in [2.75, 3.05) is 19.5 Å². The lowest BCUT2D eigenvalue weighted by Gasteiger charge is -2.16. The van der Waals surface area contributed by atoms with E-state index in [4.69, 9.17) is 9.47 Å². The summed E-state index contributed by atoms with van der Waals surface area (Å²) in [5.41, 5.74) is 0. The maximum atomic E-state index is 12.1. The first kappa shape index (κ1) is 25.2. The number of hydrogen-bond donors (Lipinski definition) is 0. The van der Waals surface area contributed by atoms with E-state index in [0.29, 0.717) is 11.8 Å². The topological polar surface area (TPSA) is 75.7 Å². The van der Waals surface area contributed by atoms with Gasteiger partial charge in [0.15, 0.2) is 0 Å². The molecule has 0 aromatic carbocycles. The molecule has 5 nitrogen and oxygen atoms in total. The lowest BCUT2D eigenvalue weighted by atomic mass is 10.1. The third-order valence-corrected chi connectivity index (χ3v) is 5.15. The predicted molar refractivity (Wildman–Crippen MR) is 106 cm³/mol. The fraction of sp³-hybridized carbons (Fsp3) is 0.900. The summed E-state index contributed by atoms with van der Waals surface area (Å²) in [5.74, 6) is -0.131. The van der Waals surface area contributed by atoms with Crippen molar-refractivity contribution in [1.82, 2.24) is 0 Å². The van der Waals surface area contributed by atoms with Gasteiger partial charge in [-0.15, -0.1) is 0 Å². The molecule has 0 aromatic rings. The van der Waals surface area contributed by atoms with Crippen LogP contribution < -0.4 is 0 Å². The number of carbonyl (C=O) groups excluding carboxylic acids is 2. The van der Waals surface area contributed by atoms with Crippen molar-refractivity contribution in [3.8, 4) is 0 Å². The number of ether oxygens (including phenoxy) is 2. The average molecular weight is 391 g/mol. The van der Waals surface area contributed by atoms with Crippen molar-refractivity contribution in [2.45, 2.75) is 84.3 Å². The van der Waals surface area contributed by atoms with Crippen molar-refractivity contribution in [3.05, 3.63) is 0 Å². The SMILES string of the molecule is CC(C)CCCCCOC(=O)C(C(=O)OCCCCCC(C)C)[S+](C)[O-]. The molecule has 0 bridgehead atoms. The Morgan fingerprint density at radius 2 is 1.15 bits per heavy atom. The van der Waals surface area contributed by atoms with E-state index in [9.17, 15) is 14.1 Å². The molecule has 0 aromatic heterocycles. The molecule has 26 heavy (non-hydrogen) atoms. The van der Waals surface area contributed by atoms with Gasteiger partial charge in [-0.2, -0.15) is 0 Å². The van der Waals surface area contributed by atoms with E-state index in [2.05, 4.69) is 27.7 Å². The molecule has 0 aliphatic rings. The van der Waals surface area contributed by atoms with E-state index < -0.39 is 28.4 Å². The van der Waals surface area contributed by atoms with E-state index >= 15 is 0 Å². The molecule has 0 aliphatic carbocycles. The summed E-state index contributed by atoms with van der Waals surface area (Å²) in [7, 11) is 0. The third kappa shape index (κ3) is 13.5. The first-order valence-electron chi connectivity index (χ1n) is 9.91. The van der Waals surface area contributed by atoms with Gasteiger partial charge in [-0.25, -0.2) is 9.59 Å². The van der Waals surface area contributed by atoms with Gasteiger partial charge >= 0.3 is 17.2 Å². The maximum absolute atomic E-state index is 12.1. The zero-order chi connectivity index (χ0) is 19.9. The average Bonchev–Trinajstić information content (AvgIpc) is 2.53.